The fourth-order valence-corrected chi connectivity index (χ4v) is 4.03. The summed E-state index contributed by atoms with van der Waals surface area (Å²) in [6, 6.07) is 17.1. The number of hydrogen-bond acceptors (Lipinski definition) is 5. The summed E-state index contributed by atoms with van der Waals surface area (Å²) >= 11 is 3.22. The lowest BCUT2D eigenvalue weighted by Gasteiger charge is -2.15. The van der Waals surface area contributed by atoms with Crippen molar-refractivity contribution < 1.29 is 9.32 Å². The van der Waals surface area contributed by atoms with Crippen molar-refractivity contribution in [2.75, 3.05) is 0 Å². The van der Waals surface area contributed by atoms with E-state index in [1.54, 1.807) is 28.7 Å². The Kier molecular flexibility index (Phi) is 4.45. The van der Waals surface area contributed by atoms with Crippen LogP contribution in [0, 0.1) is 0 Å². The third-order valence-corrected chi connectivity index (χ3v) is 5.42. The molecule has 25 heavy (non-hydrogen) atoms. The summed E-state index contributed by atoms with van der Waals surface area (Å²) in [5, 5.41) is 13.0. The van der Waals surface area contributed by atoms with Gasteiger partial charge in [0.15, 0.2) is 11.5 Å². The highest BCUT2D eigenvalue weighted by Crippen LogP contribution is 2.28. The van der Waals surface area contributed by atoms with Gasteiger partial charge in [0.2, 0.25) is 0 Å². The van der Waals surface area contributed by atoms with Crippen LogP contribution in [0.15, 0.2) is 75.3 Å². The van der Waals surface area contributed by atoms with Crippen molar-refractivity contribution in [2.45, 2.75) is 6.04 Å². The zero-order valence-electron chi connectivity index (χ0n) is 13.1. The maximum atomic E-state index is 12.7. The highest BCUT2D eigenvalue weighted by Gasteiger charge is 2.21. The standard InChI is InChI=1S/C19H14N2O2S2/c22-19(15-11-16(23-21-15)13-5-2-1-3-6-13)20-18(14-8-10-24-12-14)17-7-4-9-25-17/h1-12,18H,(H,20,22). The molecule has 0 fully saturated rings. The van der Waals surface area contributed by atoms with Gasteiger partial charge in [0.25, 0.3) is 5.91 Å². The van der Waals surface area contributed by atoms with Crippen LogP contribution >= 0.6 is 22.7 Å². The minimum absolute atomic E-state index is 0.185. The molecule has 4 aromatic rings. The Morgan fingerprint density at radius 3 is 2.68 bits per heavy atom. The van der Waals surface area contributed by atoms with Crippen molar-refractivity contribution in [1.82, 2.24) is 10.5 Å². The largest absolute Gasteiger partial charge is 0.355 e. The maximum absolute atomic E-state index is 12.7. The predicted molar refractivity (Wildman–Crippen MR) is 99.9 cm³/mol. The van der Waals surface area contributed by atoms with Crippen molar-refractivity contribution in [3.05, 3.63) is 86.9 Å². The van der Waals surface area contributed by atoms with Crippen LogP contribution in [-0.2, 0) is 0 Å². The van der Waals surface area contributed by atoms with Crippen LogP contribution < -0.4 is 5.32 Å². The number of hydrogen-bond donors (Lipinski definition) is 1. The number of thiophene rings is 2. The van der Waals surface area contributed by atoms with Crippen LogP contribution in [0.4, 0.5) is 0 Å². The van der Waals surface area contributed by atoms with Gasteiger partial charge >= 0.3 is 0 Å². The Morgan fingerprint density at radius 1 is 1.08 bits per heavy atom. The number of nitrogens with zero attached hydrogens (tertiary/aromatic N) is 1. The van der Waals surface area contributed by atoms with Crippen LogP contribution in [0.3, 0.4) is 0 Å². The molecule has 3 aromatic heterocycles. The molecule has 0 saturated carbocycles. The first-order valence-electron chi connectivity index (χ1n) is 7.70. The van der Waals surface area contributed by atoms with Gasteiger partial charge in [0.1, 0.15) is 0 Å². The lowest BCUT2D eigenvalue weighted by molar-refractivity contribution is 0.0934. The van der Waals surface area contributed by atoms with Gasteiger partial charge in [-0.1, -0.05) is 41.6 Å². The van der Waals surface area contributed by atoms with Gasteiger partial charge in [-0.15, -0.1) is 11.3 Å². The molecular weight excluding hydrogens is 352 g/mol. The molecule has 1 atom stereocenters. The highest BCUT2D eigenvalue weighted by atomic mass is 32.1. The van der Waals surface area contributed by atoms with Crippen molar-refractivity contribution in [2.24, 2.45) is 0 Å². The van der Waals surface area contributed by atoms with Gasteiger partial charge in [-0.2, -0.15) is 11.3 Å². The SMILES string of the molecule is O=C(NC(c1ccsc1)c1cccs1)c1cc(-c2ccccc2)on1. The molecule has 0 saturated heterocycles. The van der Waals surface area contributed by atoms with E-state index in [9.17, 15) is 4.79 Å². The van der Waals surface area contributed by atoms with Gasteiger partial charge in [0, 0.05) is 16.5 Å². The zero-order valence-corrected chi connectivity index (χ0v) is 14.7. The smallest absolute Gasteiger partial charge is 0.274 e. The van der Waals surface area contributed by atoms with Gasteiger partial charge in [-0.05, 0) is 33.8 Å². The topological polar surface area (TPSA) is 55.1 Å². The molecular formula is C19H14N2O2S2. The van der Waals surface area contributed by atoms with Gasteiger partial charge in [-0.3, -0.25) is 4.79 Å². The molecule has 0 bridgehead atoms. The second kappa shape index (κ2) is 7.04. The summed E-state index contributed by atoms with van der Waals surface area (Å²) in [5.41, 5.74) is 2.23. The lowest BCUT2D eigenvalue weighted by Crippen LogP contribution is -2.28. The molecule has 1 amide bonds. The average Bonchev–Trinajstić information content (AvgIpc) is 3.43. The predicted octanol–water partition coefficient (Wildman–Crippen LogP) is 4.98. The first-order valence-corrected chi connectivity index (χ1v) is 9.52. The number of benzene rings is 1. The molecule has 4 nitrogen and oxygen atoms in total. The monoisotopic (exact) mass is 366 g/mol. The number of amides is 1. The molecule has 0 aliphatic heterocycles. The van der Waals surface area contributed by atoms with E-state index in [2.05, 4.69) is 10.5 Å². The molecule has 4 rings (SSSR count). The highest BCUT2D eigenvalue weighted by molar-refractivity contribution is 7.10. The lowest BCUT2D eigenvalue weighted by atomic mass is 10.1. The third-order valence-electron chi connectivity index (χ3n) is 3.78. The number of carbonyl (C=O) groups excluding carboxylic acids is 1. The van der Waals surface area contributed by atoms with Crippen molar-refractivity contribution in [1.29, 1.82) is 0 Å². The molecule has 1 unspecified atom stereocenters. The first kappa shape index (κ1) is 15.8. The van der Waals surface area contributed by atoms with Crippen LogP contribution in [0.2, 0.25) is 0 Å². The van der Waals surface area contributed by atoms with Crippen LogP contribution in [-0.4, -0.2) is 11.1 Å². The fraction of sp³-hybridized carbons (Fsp3) is 0.0526. The first-order chi connectivity index (χ1) is 12.3. The van der Waals surface area contributed by atoms with E-state index in [0.717, 1.165) is 16.0 Å². The summed E-state index contributed by atoms with van der Waals surface area (Å²) < 4.78 is 5.33. The van der Waals surface area contributed by atoms with E-state index in [-0.39, 0.29) is 17.6 Å². The Bertz CT molecular complexity index is 910. The Labute approximate surface area is 152 Å². The van der Waals surface area contributed by atoms with Crippen molar-refractivity contribution in [3.63, 3.8) is 0 Å². The van der Waals surface area contributed by atoms with E-state index in [4.69, 9.17) is 4.52 Å². The molecule has 124 valence electrons. The van der Waals surface area contributed by atoms with Gasteiger partial charge in [0.05, 0.1) is 6.04 Å². The van der Waals surface area contributed by atoms with Crippen LogP contribution in [0.1, 0.15) is 27.0 Å². The average molecular weight is 366 g/mol. The van der Waals surface area contributed by atoms with E-state index >= 15 is 0 Å². The Hall–Kier alpha value is -2.70. The van der Waals surface area contributed by atoms with Crippen LogP contribution in [0.5, 0.6) is 0 Å². The molecule has 6 heteroatoms. The number of nitrogens with one attached hydrogen (secondary N) is 1. The third kappa shape index (κ3) is 3.40. The normalized spacial score (nSPS) is 12.0. The summed E-state index contributed by atoms with van der Waals surface area (Å²) in [6.45, 7) is 0. The van der Waals surface area contributed by atoms with E-state index in [1.165, 1.54) is 0 Å². The summed E-state index contributed by atoms with van der Waals surface area (Å²) in [6.07, 6.45) is 0. The quantitative estimate of drug-likeness (QED) is 0.542. The number of aromatic nitrogens is 1. The van der Waals surface area contributed by atoms with E-state index in [1.807, 2.05) is 64.7 Å². The van der Waals surface area contributed by atoms with Crippen molar-refractivity contribution in [3.8, 4) is 11.3 Å². The molecule has 0 aliphatic carbocycles. The van der Waals surface area contributed by atoms with Gasteiger partial charge in [-0.25, -0.2) is 0 Å². The summed E-state index contributed by atoms with van der Waals surface area (Å²) in [4.78, 5) is 13.7. The fourth-order valence-electron chi connectivity index (χ4n) is 2.54. The zero-order chi connectivity index (χ0) is 17.1. The second-order valence-electron chi connectivity index (χ2n) is 5.42. The van der Waals surface area contributed by atoms with Crippen molar-refractivity contribution >= 4 is 28.6 Å². The molecule has 0 spiro atoms. The maximum Gasteiger partial charge on any atom is 0.274 e. The summed E-state index contributed by atoms with van der Waals surface area (Å²) in [7, 11) is 0. The van der Waals surface area contributed by atoms with Crippen LogP contribution in [0.25, 0.3) is 11.3 Å². The van der Waals surface area contributed by atoms with Gasteiger partial charge < -0.3 is 9.84 Å². The van der Waals surface area contributed by atoms with E-state index in [0.29, 0.717) is 5.76 Å². The molecule has 0 radical (unpaired) electrons. The Morgan fingerprint density at radius 2 is 1.96 bits per heavy atom. The Balaban J connectivity index is 1.57. The number of rotatable bonds is 5. The van der Waals surface area contributed by atoms with E-state index < -0.39 is 0 Å². The molecule has 3 heterocycles. The molecule has 1 N–H and O–H groups in total. The summed E-state index contributed by atoms with van der Waals surface area (Å²) in [5.74, 6) is 0.324. The number of carbonyl (C=O) groups is 1. The minimum atomic E-state index is -0.254. The molecule has 0 aliphatic rings. The molecule has 1 aromatic carbocycles. The second-order valence-corrected chi connectivity index (χ2v) is 7.18. The minimum Gasteiger partial charge on any atom is -0.355 e.